The summed E-state index contributed by atoms with van der Waals surface area (Å²) in [5.74, 6) is -0.679. The summed E-state index contributed by atoms with van der Waals surface area (Å²) in [7, 11) is 0. The number of nitrogens with one attached hydrogen (secondary N) is 1. The third-order valence-corrected chi connectivity index (χ3v) is 2.14. The van der Waals surface area contributed by atoms with Gasteiger partial charge in [0.2, 0.25) is 0 Å². The van der Waals surface area contributed by atoms with Crippen LogP contribution in [0.2, 0.25) is 0 Å². The minimum atomic E-state index is -0.705. The molecule has 0 radical (unpaired) electrons. The molecule has 0 unspecified atom stereocenters. The van der Waals surface area contributed by atoms with Gasteiger partial charge in [-0.15, -0.1) is 0 Å². The molecular weight excluding hydrogens is 243 g/mol. The van der Waals surface area contributed by atoms with Gasteiger partial charge in [0.25, 0.3) is 5.69 Å². The minimum Gasteiger partial charge on any atom is -0.301 e. The van der Waals surface area contributed by atoms with Crippen molar-refractivity contribution in [1.82, 2.24) is 9.55 Å². The molecule has 0 aliphatic carbocycles. The average Bonchev–Trinajstić information content (AvgIpc) is 2.81. The van der Waals surface area contributed by atoms with Gasteiger partial charge < -0.3 is 5.32 Å². The summed E-state index contributed by atoms with van der Waals surface area (Å²) in [4.78, 5) is 25.3. The van der Waals surface area contributed by atoms with Gasteiger partial charge in [-0.3, -0.25) is 14.7 Å². The highest BCUT2D eigenvalue weighted by Gasteiger charge is 2.17. The van der Waals surface area contributed by atoms with E-state index in [9.17, 15) is 19.3 Å². The molecule has 7 nitrogen and oxygen atoms in total. The van der Waals surface area contributed by atoms with E-state index in [1.54, 1.807) is 0 Å². The highest BCUT2D eigenvalue weighted by atomic mass is 19.1. The number of carbonyl (C=O) groups is 1. The van der Waals surface area contributed by atoms with Crippen LogP contribution in [-0.2, 0) is 0 Å². The van der Waals surface area contributed by atoms with E-state index in [0.29, 0.717) is 0 Å². The minimum absolute atomic E-state index is 0.210. The fraction of sp³-hybridized carbons (Fsp3) is 0. The molecule has 0 fully saturated rings. The molecule has 0 bridgehead atoms. The van der Waals surface area contributed by atoms with Crippen LogP contribution in [0.15, 0.2) is 36.9 Å². The number of imidazole rings is 1. The van der Waals surface area contributed by atoms with E-state index in [4.69, 9.17) is 0 Å². The lowest BCUT2D eigenvalue weighted by Gasteiger charge is -2.05. The Balaban J connectivity index is 2.31. The summed E-state index contributed by atoms with van der Waals surface area (Å²) in [5, 5.41) is 13.0. The third kappa shape index (κ3) is 2.32. The summed E-state index contributed by atoms with van der Waals surface area (Å²) in [6.07, 6.45) is 3.96. The van der Waals surface area contributed by atoms with Crippen molar-refractivity contribution < 1.29 is 14.1 Å². The number of halogens is 1. The molecule has 1 aromatic heterocycles. The molecule has 0 spiro atoms. The Morgan fingerprint density at radius 2 is 2.28 bits per heavy atom. The molecule has 0 aliphatic heterocycles. The lowest BCUT2D eigenvalue weighted by atomic mass is 10.2. The molecule has 1 amide bonds. The van der Waals surface area contributed by atoms with E-state index in [2.05, 4.69) is 10.3 Å². The molecule has 0 saturated heterocycles. The second-order valence-corrected chi connectivity index (χ2v) is 3.32. The van der Waals surface area contributed by atoms with Gasteiger partial charge in [-0.1, -0.05) is 0 Å². The van der Waals surface area contributed by atoms with Crippen molar-refractivity contribution >= 4 is 17.4 Å². The Morgan fingerprint density at radius 1 is 1.50 bits per heavy atom. The number of nitrogens with zero attached hydrogens (tertiary/aromatic N) is 3. The number of nitro groups is 1. The number of hydrogen-bond acceptors (Lipinski definition) is 4. The van der Waals surface area contributed by atoms with Crippen molar-refractivity contribution in [1.29, 1.82) is 0 Å². The fourth-order valence-electron chi connectivity index (χ4n) is 1.33. The smallest absolute Gasteiger partial charge is 0.301 e. The number of anilines is 1. The number of rotatable bonds is 2. The standard InChI is InChI=1S/C10H7FN4O3/c11-7-1-2-9(15(17)18)8(5-7)13-10(16)14-4-3-12-6-14/h1-6H,(H,13,16). The molecule has 8 heteroatoms. The second-order valence-electron chi connectivity index (χ2n) is 3.32. The van der Waals surface area contributed by atoms with E-state index in [0.717, 1.165) is 22.8 Å². The van der Waals surface area contributed by atoms with Crippen molar-refractivity contribution in [3.63, 3.8) is 0 Å². The number of amides is 1. The first-order valence-electron chi connectivity index (χ1n) is 4.81. The molecule has 18 heavy (non-hydrogen) atoms. The zero-order valence-electron chi connectivity index (χ0n) is 8.91. The highest BCUT2D eigenvalue weighted by molar-refractivity contribution is 5.93. The number of aromatic nitrogens is 2. The first kappa shape index (κ1) is 11.7. The zero-order valence-corrected chi connectivity index (χ0v) is 8.91. The van der Waals surface area contributed by atoms with E-state index in [1.807, 2.05) is 0 Å². The number of nitro benzene ring substituents is 1. The SMILES string of the molecule is O=C(Nc1cc(F)ccc1[N+](=O)[O-])n1ccnc1. The van der Waals surface area contributed by atoms with Gasteiger partial charge in [-0.2, -0.15) is 0 Å². The molecule has 1 heterocycles. The number of hydrogen-bond donors (Lipinski definition) is 1. The quantitative estimate of drug-likeness (QED) is 0.652. The second kappa shape index (κ2) is 4.62. The Labute approximate surface area is 100 Å². The third-order valence-electron chi connectivity index (χ3n) is 2.14. The zero-order chi connectivity index (χ0) is 13.1. The summed E-state index contributed by atoms with van der Waals surface area (Å²) < 4.78 is 14.1. The van der Waals surface area contributed by atoms with Crippen molar-refractivity contribution in [3.05, 3.63) is 52.9 Å². The molecule has 0 aliphatic rings. The van der Waals surface area contributed by atoms with Crippen molar-refractivity contribution in [2.75, 3.05) is 5.32 Å². The molecular formula is C10H7FN4O3. The van der Waals surface area contributed by atoms with Crippen LogP contribution >= 0.6 is 0 Å². The topological polar surface area (TPSA) is 90.1 Å². The molecule has 0 saturated carbocycles. The fourth-order valence-corrected chi connectivity index (χ4v) is 1.33. The van der Waals surface area contributed by atoms with Crippen LogP contribution in [0.25, 0.3) is 0 Å². The van der Waals surface area contributed by atoms with Gasteiger partial charge in [0, 0.05) is 24.5 Å². The Kier molecular flexibility index (Phi) is 3.00. The molecule has 2 aromatic rings. The molecule has 1 aromatic carbocycles. The Bertz CT molecular complexity index is 597. The lowest BCUT2D eigenvalue weighted by Crippen LogP contribution is -2.18. The first-order chi connectivity index (χ1) is 8.58. The van der Waals surface area contributed by atoms with E-state index >= 15 is 0 Å². The van der Waals surface area contributed by atoms with E-state index < -0.39 is 16.8 Å². The van der Waals surface area contributed by atoms with Crippen LogP contribution in [-0.4, -0.2) is 20.5 Å². The summed E-state index contributed by atoms with van der Waals surface area (Å²) >= 11 is 0. The summed E-state index contributed by atoms with van der Waals surface area (Å²) in [5.41, 5.74) is -0.594. The van der Waals surface area contributed by atoms with Crippen LogP contribution in [0.1, 0.15) is 0 Å². The maximum atomic E-state index is 13.0. The number of carbonyl (C=O) groups excluding carboxylic acids is 1. The predicted octanol–water partition coefficient (Wildman–Crippen LogP) is 2.01. The largest absolute Gasteiger partial charge is 0.331 e. The van der Waals surface area contributed by atoms with Crippen LogP contribution in [0.3, 0.4) is 0 Å². The number of benzene rings is 1. The van der Waals surface area contributed by atoms with Crippen LogP contribution in [0.5, 0.6) is 0 Å². The van der Waals surface area contributed by atoms with Crippen LogP contribution in [0, 0.1) is 15.9 Å². The van der Waals surface area contributed by atoms with Crippen LogP contribution in [0.4, 0.5) is 20.6 Å². The van der Waals surface area contributed by atoms with Gasteiger partial charge in [-0.25, -0.2) is 14.2 Å². The van der Waals surface area contributed by atoms with Crippen molar-refractivity contribution in [2.24, 2.45) is 0 Å². The average molecular weight is 250 g/mol. The maximum absolute atomic E-state index is 13.0. The van der Waals surface area contributed by atoms with Crippen molar-refractivity contribution in [3.8, 4) is 0 Å². The van der Waals surface area contributed by atoms with Gasteiger partial charge in [0.1, 0.15) is 17.8 Å². The maximum Gasteiger partial charge on any atom is 0.331 e. The van der Waals surface area contributed by atoms with Gasteiger partial charge >= 0.3 is 6.03 Å². The summed E-state index contributed by atoms with van der Waals surface area (Å²) in [6, 6.07) is 2.15. The van der Waals surface area contributed by atoms with Gasteiger partial charge in [0.05, 0.1) is 4.92 Å². The Hall–Kier alpha value is -2.77. The summed E-state index contributed by atoms with van der Waals surface area (Å²) in [6.45, 7) is 0. The lowest BCUT2D eigenvalue weighted by molar-refractivity contribution is -0.384. The van der Waals surface area contributed by atoms with E-state index in [1.165, 1.54) is 18.7 Å². The highest BCUT2D eigenvalue weighted by Crippen LogP contribution is 2.24. The monoisotopic (exact) mass is 250 g/mol. The molecule has 92 valence electrons. The Morgan fingerprint density at radius 3 is 2.89 bits per heavy atom. The normalized spacial score (nSPS) is 10.1. The van der Waals surface area contributed by atoms with Gasteiger partial charge in [-0.05, 0) is 6.07 Å². The van der Waals surface area contributed by atoms with Crippen LogP contribution < -0.4 is 5.32 Å². The van der Waals surface area contributed by atoms with E-state index in [-0.39, 0.29) is 11.4 Å². The first-order valence-corrected chi connectivity index (χ1v) is 4.81. The van der Waals surface area contributed by atoms with Crippen molar-refractivity contribution in [2.45, 2.75) is 0 Å². The predicted molar refractivity (Wildman–Crippen MR) is 59.7 cm³/mol. The molecule has 0 atom stereocenters. The van der Waals surface area contributed by atoms with Gasteiger partial charge in [0.15, 0.2) is 0 Å². The molecule has 1 N–H and O–H groups in total. The molecule has 2 rings (SSSR count).